The number of anilines is 4. The normalized spacial score (nSPS) is 10.2. The lowest BCUT2D eigenvalue weighted by atomic mass is 10.2. The van der Waals surface area contributed by atoms with Crippen LogP contribution in [0.3, 0.4) is 0 Å². The molecule has 0 spiro atoms. The highest BCUT2D eigenvalue weighted by atomic mass is 16.5. The van der Waals surface area contributed by atoms with Gasteiger partial charge in [-0.1, -0.05) is 24.3 Å². The van der Waals surface area contributed by atoms with Crippen LogP contribution in [-0.4, -0.2) is 28.3 Å². The first-order valence-electron chi connectivity index (χ1n) is 7.63. The number of methoxy groups -OCH3 is 1. The van der Waals surface area contributed by atoms with E-state index in [2.05, 4.69) is 25.8 Å². The molecule has 0 amide bonds. The molecule has 0 atom stereocenters. The van der Waals surface area contributed by atoms with E-state index in [1.54, 1.807) is 30.5 Å². The Morgan fingerprint density at radius 2 is 1.92 bits per heavy atom. The van der Waals surface area contributed by atoms with Gasteiger partial charge in [-0.25, -0.2) is 4.79 Å². The van der Waals surface area contributed by atoms with Gasteiger partial charge in [-0.2, -0.15) is 10.1 Å². The van der Waals surface area contributed by atoms with E-state index in [9.17, 15) is 4.79 Å². The molecule has 0 fully saturated rings. The van der Waals surface area contributed by atoms with Crippen LogP contribution in [0, 0.1) is 6.92 Å². The third kappa shape index (κ3) is 4.08. The van der Waals surface area contributed by atoms with Gasteiger partial charge in [0, 0.05) is 11.4 Å². The van der Waals surface area contributed by atoms with Gasteiger partial charge in [-0.05, 0) is 36.8 Å². The number of nitrogens with zero attached hydrogens (tertiary/aromatic N) is 3. The second-order valence-corrected chi connectivity index (χ2v) is 5.30. The molecule has 0 unspecified atom stereocenters. The molecule has 0 aliphatic carbocycles. The lowest BCUT2D eigenvalue weighted by Gasteiger charge is -2.10. The first-order chi connectivity index (χ1) is 12.2. The number of rotatable bonds is 5. The molecule has 0 bridgehead atoms. The van der Waals surface area contributed by atoms with Crippen molar-refractivity contribution in [1.29, 1.82) is 0 Å². The maximum Gasteiger partial charge on any atom is 0.337 e. The Hall–Kier alpha value is -3.48. The van der Waals surface area contributed by atoms with Crippen LogP contribution in [-0.2, 0) is 4.74 Å². The molecule has 3 rings (SSSR count). The number of carbonyl (C=O) groups is 1. The zero-order chi connectivity index (χ0) is 17.6. The molecule has 0 aliphatic heterocycles. The van der Waals surface area contributed by atoms with Gasteiger partial charge >= 0.3 is 5.97 Å². The number of carbonyl (C=O) groups excluding carboxylic acids is 1. The van der Waals surface area contributed by atoms with Gasteiger partial charge in [0.25, 0.3) is 0 Å². The van der Waals surface area contributed by atoms with Crippen LogP contribution >= 0.6 is 0 Å². The van der Waals surface area contributed by atoms with Crippen LogP contribution in [0.4, 0.5) is 23.1 Å². The SMILES string of the molecule is COC(=O)c1cccc(Nc2nncc(Nc3ccccc3C)n2)c1. The van der Waals surface area contributed by atoms with Crippen LogP contribution < -0.4 is 10.6 Å². The molecule has 3 aromatic rings. The number of esters is 1. The van der Waals surface area contributed by atoms with Crippen molar-refractivity contribution in [3.05, 3.63) is 65.9 Å². The second kappa shape index (κ2) is 7.39. The number of ether oxygens (including phenoxy) is 1. The van der Waals surface area contributed by atoms with E-state index in [0.29, 0.717) is 23.0 Å². The number of hydrogen-bond acceptors (Lipinski definition) is 7. The number of aryl methyl sites for hydroxylation is 1. The van der Waals surface area contributed by atoms with Crippen molar-refractivity contribution in [3.8, 4) is 0 Å². The topological polar surface area (TPSA) is 89.0 Å². The van der Waals surface area contributed by atoms with Crippen LogP contribution in [0.15, 0.2) is 54.7 Å². The largest absolute Gasteiger partial charge is 0.465 e. The zero-order valence-corrected chi connectivity index (χ0v) is 13.9. The average Bonchev–Trinajstić information content (AvgIpc) is 2.63. The minimum Gasteiger partial charge on any atom is -0.465 e. The molecule has 2 aromatic carbocycles. The Morgan fingerprint density at radius 3 is 2.72 bits per heavy atom. The number of para-hydroxylation sites is 1. The fraction of sp³-hybridized carbons (Fsp3) is 0.111. The van der Waals surface area contributed by atoms with Crippen molar-refractivity contribution in [2.24, 2.45) is 0 Å². The molecule has 2 N–H and O–H groups in total. The summed E-state index contributed by atoms with van der Waals surface area (Å²) in [5.41, 5.74) is 3.15. The lowest BCUT2D eigenvalue weighted by Crippen LogP contribution is -2.04. The molecule has 0 saturated heterocycles. The molecule has 0 radical (unpaired) electrons. The molecule has 7 nitrogen and oxygen atoms in total. The summed E-state index contributed by atoms with van der Waals surface area (Å²) < 4.78 is 4.72. The van der Waals surface area contributed by atoms with Crippen molar-refractivity contribution in [2.45, 2.75) is 6.92 Å². The number of benzene rings is 2. The fourth-order valence-corrected chi connectivity index (χ4v) is 2.24. The summed E-state index contributed by atoms with van der Waals surface area (Å²) in [6, 6.07) is 14.8. The monoisotopic (exact) mass is 335 g/mol. The molecular weight excluding hydrogens is 318 g/mol. The number of hydrogen-bond donors (Lipinski definition) is 2. The first kappa shape index (κ1) is 16.4. The molecule has 0 aliphatic rings. The summed E-state index contributed by atoms with van der Waals surface area (Å²) >= 11 is 0. The van der Waals surface area contributed by atoms with Gasteiger partial charge in [0.1, 0.15) is 0 Å². The van der Waals surface area contributed by atoms with E-state index in [1.165, 1.54) is 7.11 Å². The van der Waals surface area contributed by atoms with Gasteiger partial charge < -0.3 is 15.4 Å². The van der Waals surface area contributed by atoms with Crippen LogP contribution in [0.1, 0.15) is 15.9 Å². The van der Waals surface area contributed by atoms with E-state index < -0.39 is 5.97 Å². The number of aromatic nitrogens is 3. The highest BCUT2D eigenvalue weighted by Gasteiger charge is 2.07. The van der Waals surface area contributed by atoms with Crippen LogP contribution in [0.5, 0.6) is 0 Å². The first-order valence-corrected chi connectivity index (χ1v) is 7.63. The van der Waals surface area contributed by atoms with Crippen molar-refractivity contribution in [1.82, 2.24) is 15.2 Å². The van der Waals surface area contributed by atoms with Gasteiger partial charge in [0.05, 0.1) is 18.9 Å². The Labute approximate surface area is 145 Å². The summed E-state index contributed by atoms with van der Waals surface area (Å²) in [7, 11) is 1.34. The zero-order valence-electron chi connectivity index (χ0n) is 13.9. The van der Waals surface area contributed by atoms with Gasteiger partial charge in [-0.3, -0.25) is 0 Å². The highest BCUT2D eigenvalue weighted by Crippen LogP contribution is 2.20. The molecular formula is C18H17N5O2. The summed E-state index contributed by atoms with van der Waals surface area (Å²) in [5, 5.41) is 14.2. The minimum absolute atomic E-state index is 0.320. The summed E-state index contributed by atoms with van der Waals surface area (Å²) in [5.74, 6) is 0.481. The predicted octanol–water partition coefficient (Wildman–Crippen LogP) is 3.45. The van der Waals surface area contributed by atoms with Crippen molar-refractivity contribution < 1.29 is 9.53 Å². The minimum atomic E-state index is -0.405. The maximum absolute atomic E-state index is 11.6. The Bertz CT molecular complexity index is 898. The van der Waals surface area contributed by atoms with Gasteiger partial charge in [0.2, 0.25) is 5.95 Å². The lowest BCUT2D eigenvalue weighted by molar-refractivity contribution is 0.0601. The van der Waals surface area contributed by atoms with E-state index in [4.69, 9.17) is 4.74 Å². The second-order valence-electron chi connectivity index (χ2n) is 5.30. The van der Waals surface area contributed by atoms with Gasteiger partial charge in [0.15, 0.2) is 5.82 Å². The third-order valence-corrected chi connectivity index (χ3v) is 3.51. The molecule has 7 heteroatoms. The predicted molar refractivity (Wildman–Crippen MR) is 95.4 cm³/mol. The molecule has 126 valence electrons. The Morgan fingerprint density at radius 1 is 1.08 bits per heavy atom. The highest BCUT2D eigenvalue weighted by molar-refractivity contribution is 5.90. The molecule has 0 saturated carbocycles. The fourth-order valence-electron chi connectivity index (χ4n) is 2.24. The van der Waals surface area contributed by atoms with Gasteiger partial charge in [-0.15, -0.1) is 5.10 Å². The Balaban J connectivity index is 1.78. The summed E-state index contributed by atoms with van der Waals surface area (Å²) in [4.78, 5) is 16.0. The summed E-state index contributed by atoms with van der Waals surface area (Å²) in [6.07, 6.45) is 1.54. The van der Waals surface area contributed by atoms with E-state index in [-0.39, 0.29) is 0 Å². The van der Waals surface area contributed by atoms with Crippen LogP contribution in [0.2, 0.25) is 0 Å². The van der Waals surface area contributed by atoms with E-state index >= 15 is 0 Å². The summed E-state index contributed by atoms with van der Waals surface area (Å²) in [6.45, 7) is 2.01. The molecule has 25 heavy (non-hydrogen) atoms. The van der Waals surface area contributed by atoms with Crippen molar-refractivity contribution in [2.75, 3.05) is 17.7 Å². The van der Waals surface area contributed by atoms with Crippen LogP contribution in [0.25, 0.3) is 0 Å². The smallest absolute Gasteiger partial charge is 0.337 e. The standard InChI is InChI=1S/C18H17N5O2/c1-12-6-3-4-9-15(12)21-16-11-19-23-18(22-16)20-14-8-5-7-13(10-14)17(24)25-2/h3-11H,1-2H3,(H2,20,21,22,23). The van der Waals surface area contributed by atoms with Crippen molar-refractivity contribution >= 4 is 29.1 Å². The molecule has 1 heterocycles. The Kier molecular flexibility index (Phi) is 4.84. The third-order valence-electron chi connectivity index (χ3n) is 3.51. The maximum atomic E-state index is 11.6. The van der Waals surface area contributed by atoms with E-state index in [0.717, 1.165) is 11.3 Å². The number of nitrogens with one attached hydrogen (secondary N) is 2. The average molecular weight is 335 g/mol. The van der Waals surface area contributed by atoms with Crippen molar-refractivity contribution in [3.63, 3.8) is 0 Å². The quantitative estimate of drug-likeness (QED) is 0.690. The molecule has 1 aromatic heterocycles. The van der Waals surface area contributed by atoms with E-state index in [1.807, 2.05) is 31.2 Å².